The molecule has 2 aromatic carbocycles. The zero-order chi connectivity index (χ0) is 22.1. The van der Waals surface area contributed by atoms with Crippen LogP contribution in [0, 0.1) is 6.92 Å². The maximum atomic E-state index is 12.4. The van der Waals surface area contributed by atoms with Crippen LogP contribution in [-0.4, -0.2) is 47.7 Å². The monoisotopic (exact) mass is 498 g/mol. The summed E-state index contributed by atoms with van der Waals surface area (Å²) >= 11 is 3.61. The lowest BCUT2D eigenvalue weighted by molar-refractivity contribution is -0.293. The summed E-state index contributed by atoms with van der Waals surface area (Å²) in [5.74, 6) is -0.603. The highest BCUT2D eigenvalue weighted by molar-refractivity contribution is 9.10. The summed E-state index contributed by atoms with van der Waals surface area (Å²) in [6, 6.07) is 16.2. The molecular weight excluding hydrogens is 472 g/mol. The highest BCUT2D eigenvalue weighted by Crippen LogP contribution is 2.36. The molecule has 32 heavy (non-hydrogen) atoms. The SMILES string of the molecule is Cc1c(Br)ccc2c1ccn2C1COC2(CCN(C(=O)OCc3ccccc3)CC2)OC1. The molecule has 3 heterocycles. The Labute approximate surface area is 196 Å². The minimum atomic E-state index is -0.603. The molecule has 1 aromatic heterocycles. The molecular formula is C25H27BrN2O4. The normalized spacial score (nSPS) is 18.9. The summed E-state index contributed by atoms with van der Waals surface area (Å²) in [7, 11) is 0. The van der Waals surface area contributed by atoms with Crippen molar-refractivity contribution in [3.8, 4) is 0 Å². The van der Waals surface area contributed by atoms with Crippen molar-refractivity contribution in [1.29, 1.82) is 0 Å². The van der Waals surface area contributed by atoms with Gasteiger partial charge in [0.05, 0.1) is 19.3 Å². The van der Waals surface area contributed by atoms with E-state index in [9.17, 15) is 4.79 Å². The van der Waals surface area contributed by atoms with Crippen molar-refractivity contribution in [3.05, 3.63) is 70.3 Å². The second-order valence-corrected chi connectivity index (χ2v) is 9.40. The smallest absolute Gasteiger partial charge is 0.410 e. The Balaban J connectivity index is 1.16. The summed E-state index contributed by atoms with van der Waals surface area (Å²) in [6.07, 6.45) is 3.14. The Morgan fingerprint density at radius 3 is 2.53 bits per heavy atom. The predicted octanol–water partition coefficient (Wildman–Crippen LogP) is 5.43. The Bertz CT molecular complexity index is 1100. The zero-order valence-corrected chi connectivity index (χ0v) is 19.7. The largest absolute Gasteiger partial charge is 0.445 e. The van der Waals surface area contributed by atoms with Gasteiger partial charge in [0.2, 0.25) is 0 Å². The molecule has 0 saturated carbocycles. The number of aryl methyl sites for hydroxylation is 1. The summed E-state index contributed by atoms with van der Waals surface area (Å²) in [6.45, 7) is 4.74. The second-order valence-electron chi connectivity index (χ2n) is 8.54. The standard InChI is InChI=1S/C25H27BrN2O4/c1-18-21-9-12-28(23(21)8-7-22(18)26)20-16-31-25(32-17-20)10-13-27(14-11-25)24(29)30-15-19-5-3-2-4-6-19/h2-9,12,20H,10-11,13-17H2,1H3. The van der Waals surface area contributed by atoms with Crippen molar-refractivity contribution in [1.82, 2.24) is 9.47 Å². The van der Waals surface area contributed by atoms with Crippen LogP contribution in [0.5, 0.6) is 0 Å². The molecule has 1 spiro atoms. The quantitative estimate of drug-likeness (QED) is 0.483. The first-order valence-electron chi connectivity index (χ1n) is 11.0. The minimum absolute atomic E-state index is 0.132. The molecule has 1 amide bonds. The van der Waals surface area contributed by atoms with Gasteiger partial charge < -0.3 is 23.7 Å². The van der Waals surface area contributed by atoms with E-state index in [1.807, 2.05) is 30.3 Å². The maximum Gasteiger partial charge on any atom is 0.410 e. The van der Waals surface area contributed by atoms with Gasteiger partial charge >= 0.3 is 6.09 Å². The number of carbonyl (C=O) groups is 1. The first kappa shape index (κ1) is 21.5. The number of aromatic nitrogens is 1. The van der Waals surface area contributed by atoms with E-state index in [0.717, 1.165) is 10.0 Å². The van der Waals surface area contributed by atoms with E-state index in [0.29, 0.717) is 39.1 Å². The molecule has 168 valence electrons. The molecule has 5 rings (SSSR count). The fraction of sp³-hybridized carbons (Fsp3) is 0.400. The van der Waals surface area contributed by atoms with Crippen LogP contribution in [0.4, 0.5) is 4.79 Å². The third-order valence-corrected chi connectivity index (χ3v) is 7.42. The van der Waals surface area contributed by atoms with Crippen molar-refractivity contribution >= 4 is 32.9 Å². The van der Waals surface area contributed by atoms with Crippen LogP contribution in [0.25, 0.3) is 10.9 Å². The summed E-state index contributed by atoms with van der Waals surface area (Å²) in [4.78, 5) is 14.2. The van der Waals surface area contributed by atoms with Gasteiger partial charge in [-0.3, -0.25) is 0 Å². The minimum Gasteiger partial charge on any atom is -0.445 e. The van der Waals surface area contributed by atoms with Crippen molar-refractivity contribution in [2.75, 3.05) is 26.3 Å². The lowest BCUT2D eigenvalue weighted by atomic mass is 10.0. The van der Waals surface area contributed by atoms with Gasteiger partial charge in [0.1, 0.15) is 6.61 Å². The van der Waals surface area contributed by atoms with Gasteiger partial charge in [0.15, 0.2) is 5.79 Å². The number of amides is 1. The first-order chi connectivity index (χ1) is 15.5. The number of nitrogens with zero attached hydrogens (tertiary/aromatic N) is 2. The molecule has 6 nitrogen and oxygen atoms in total. The third-order valence-electron chi connectivity index (χ3n) is 6.57. The van der Waals surface area contributed by atoms with Gasteiger partial charge in [-0.05, 0) is 36.2 Å². The fourth-order valence-corrected chi connectivity index (χ4v) is 4.90. The number of halogens is 1. The lowest BCUT2D eigenvalue weighted by Gasteiger charge is -2.45. The average Bonchev–Trinajstić information content (AvgIpc) is 3.26. The second kappa shape index (κ2) is 8.89. The van der Waals surface area contributed by atoms with E-state index in [1.165, 1.54) is 16.5 Å². The van der Waals surface area contributed by atoms with Gasteiger partial charge in [-0.2, -0.15) is 0 Å². The first-order valence-corrected chi connectivity index (χ1v) is 11.8. The molecule has 0 aliphatic carbocycles. The van der Waals surface area contributed by atoms with Crippen molar-refractivity contribution in [2.24, 2.45) is 0 Å². The zero-order valence-electron chi connectivity index (χ0n) is 18.1. The van der Waals surface area contributed by atoms with Crippen molar-refractivity contribution in [2.45, 2.75) is 38.2 Å². The molecule has 7 heteroatoms. The summed E-state index contributed by atoms with van der Waals surface area (Å²) < 4.78 is 21.4. The molecule has 3 aromatic rings. The number of rotatable bonds is 3. The van der Waals surface area contributed by atoms with Gasteiger partial charge in [0, 0.05) is 47.5 Å². The van der Waals surface area contributed by atoms with Gasteiger partial charge in [-0.1, -0.05) is 46.3 Å². The number of fused-ring (bicyclic) bond motifs is 1. The predicted molar refractivity (Wildman–Crippen MR) is 125 cm³/mol. The van der Waals surface area contributed by atoms with Gasteiger partial charge in [-0.15, -0.1) is 0 Å². The van der Waals surface area contributed by atoms with Crippen LogP contribution in [0.15, 0.2) is 59.2 Å². The molecule has 2 aliphatic rings. The number of benzene rings is 2. The number of carbonyl (C=O) groups excluding carboxylic acids is 1. The van der Waals surface area contributed by atoms with Crippen LogP contribution in [-0.2, 0) is 20.8 Å². The highest BCUT2D eigenvalue weighted by Gasteiger charge is 2.42. The van der Waals surface area contributed by atoms with Crippen LogP contribution >= 0.6 is 15.9 Å². The molecule has 0 radical (unpaired) electrons. The molecule has 2 fully saturated rings. The van der Waals surface area contributed by atoms with E-state index in [1.54, 1.807) is 4.90 Å². The van der Waals surface area contributed by atoms with Crippen molar-refractivity contribution in [3.63, 3.8) is 0 Å². The number of hydrogen-bond acceptors (Lipinski definition) is 4. The average molecular weight is 499 g/mol. The number of piperidine rings is 1. The van der Waals surface area contributed by atoms with E-state index >= 15 is 0 Å². The Morgan fingerprint density at radius 2 is 1.81 bits per heavy atom. The van der Waals surface area contributed by atoms with Crippen LogP contribution in [0.3, 0.4) is 0 Å². The Kier molecular flexibility index (Phi) is 5.97. The topological polar surface area (TPSA) is 52.9 Å². The van der Waals surface area contributed by atoms with E-state index in [2.05, 4.69) is 51.8 Å². The molecule has 0 atom stereocenters. The highest BCUT2D eigenvalue weighted by atomic mass is 79.9. The molecule has 0 unspecified atom stereocenters. The molecule has 2 aliphatic heterocycles. The van der Waals surface area contributed by atoms with E-state index in [4.69, 9.17) is 14.2 Å². The molecule has 0 N–H and O–H groups in total. The third kappa shape index (κ3) is 4.17. The van der Waals surface area contributed by atoms with E-state index in [-0.39, 0.29) is 18.7 Å². The van der Waals surface area contributed by atoms with Gasteiger partial charge in [0.25, 0.3) is 0 Å². The maximum absolute atomic E-state index is 12.4. The number of likely N-dealkylation sites (tertiary alicyclic amines) is 1. The van der Waals surface area contributed by atoms with Crippen LogP contribution < -0.4 is 0 Å². The number of ether oxygens (including phenoxy) is 3. The summed E-state index contributed by atoms with van der Waals surface area (Å²) in [5.41, 5.74) is 3.41. The van der Waals surface area contributed by atoms with Crippen LogP contribution in [0.2, 0.25) is 0 Å². The molecule has 2 saturated heterocycles. The lowest BCUT2D eigenvalue weighted by Crippen LogP contribution is -2.53. The summed E-state index contributed by atoms with van der Waals surface area (Å²) in [5, 5.41) is 1.24. The van der Waals surface area contributed by atoms with Crippen molar-refractivity contribution < 1.29 is 19.0 Å². The van der Waals surface area contributed by atoms with E-state index < -0.39 is 5.79 Å². The number of hydrogen-bond donors (Lipinski definition) is 0. The fourth-order valence-electron chi connectivity index (χ4n) is 4.55. The Hall–Kier alpha value is -2.35. The van der Waals surface area contributed by atoms with Gasteiger partial charge in [-0.25, -0.2) is 4.79 Å². The Morgan fingerprint density at radius 1 is 1.09 bits per heavy atom. The molecule has 0 bridgehead atoms. The van der Waals surface area contributed by atoms with Crippen LogP contribution in [0.1, 0.15) is 30.0 Å².